The highest BCUT2D eigenvalue weighted by atomic mass is 79.9. The van der Waals surface area contributed by atoms with E-state index in [2.05, 4.69) is 26.2 Å². The molecule has 6 heteroatoms. The highest BCUT2D eigenvalue weighted by molar-refractivity contribution is 9.10. The fourth-order valence-corrected chi connectivity index (χ4v) is 1.19. The highest BCUT2D eigenvalue weighted by Crippen LogP contribution is 2.23. The number of carbonyl (C=O) groups is 1. The van der Waals surface area contributed by atoms with Gasteiger partial charge in [0.2, 0.25) is 5.91 Å². The van der Waals surface area contributed by atoms with Gasteiger partial charge >= 0.3 is 0 Å². The molecule has 0 radical (unpaired) electrons. The summed E-state index contributed by atoms with van der Waals surface area (Å²) in [7, 11) is 0. The predicted octanol–water partition coefficient (Wildman–Crippen LogP) is 1.78. The number of amides is 1. The molecule has 1 rings (SSSR count). The molecule has 0 aliphatic heterocycles. The minimum Gasteiger partial charge on any atom is -0.330 e. The Morgan fingerprint density at radius 3 is 3.00 bits per heavy atom. The summed E-state index contributed by atoms with van der Waals surface area (Å²) in [6, 6.07) is 1.57. The van der Waals surface area contributed by atoms with Crippen LogP contribution >= 0.6 is 27.5 Å². The first-order valence-electron chi connectivity index (χ1n) is 3.94. The van der Waals surface area contributed by atoms with Gasteiger partial charge in [0.15, 0.2) is 0 Å². The lowest BCUT2D eigenvalue weighted by molar-refractivity contribution is -0.116. The third-order valence-corrected chi connectivity index (χ3v) is 2.62. The van der Waals surface area contributed by atoms with Crippen molar-refractivity contribution in [1.82, 2.24) is 4.98 Å². The summed E-state index contributed by atoms with van der Waals surface area (Å²) in [4.78, 5) is 15.1. The first kappa shape index (κ1) is 11.4. The van der Waals surface area contributed by atoms with Crippen LogP contribution in [0.5, 0.6) is 0 Å². The number of nitrogens with zero attached hydrogens (tertiary/aromatic N) is 1. The molecule has 76 valence electrons. The molecular weight excluding hydrogens is 269 g/mol. The Labute approximate surface area is 95.0 Å². The number of nitrogens with two attached hydrogens (primary N) is 1. The maximum absolute atomic E-state index is 11.1. The Kier molecular flexibility index (Phi) is 4.31. The van der Waals surface area contributed by atoms with E-state index in [9.17, 15) is 4.79 Å². The molecular formula is C8H9BrClN3O. The molecule has 1 aromatic rings. The normalized spacial score (nSPS) is 9.93. The molecule has 1 heterocycles. The maximum Gasteiger partial charge on any atom is 0.226 e. The van der Waals surface area contributed by atoms with Crippen molar-refractivity contribution in [2.75, 3.05) is 11.9 Å². The van der Waals surface area contributed by atoms with Gasteiger partial charge in [-0.05, 0) is 15.9 Å². The summed E-state index contributed by atoms with van der Waals surface area (Å²) < 4.78 is 0.691. The third-order valence-electron chi connectivity index (χ3n) is 1.45. The van der Waals surface area contributed by atoms with Crippen LogP contribution in [0.1, 0.15) is 6.42 Å². The molecule has 0 spiro atoms. The lowest BCUT2D eigenvalue weighted by atomic mass is 10.4. The summed E-state index contributed by atoms with van der Waals surface area (Å²) in [5, 5.41) is 3.08. The van der Waals surface area contributed by atoms with Crippen LogP contribution in [0.2, 0.25) is 5.02 Å². The zero-order valence-corrected chi connectivity index (χ0v) is 9.60. The van der Waals surface area contributed by atoms with Gasteiger partial charge in [0.25, 0.3) is 0 Å². The molecule has 0 aliphatic rings. The Morgan fingerprint density at radius 1 is 1.71 bits per heavy atom. The van der Waals surface area contributed by atoms with Gasteiger partial charge in [-0.3, -0.25) is 4.79 Å². The Morgan fingerprint density at radius 2 is 2.43 bits per heavy atom. The van der Waals surface area contributed by atoms with E-state index in [0.29, 0.717) is 21.9 Å². The quantitative estimate of drug-likeness (QED) is 0.885. The van der Waals surface area contributed by atoms with Crippen LogP contribution in [0.3, 0.4) is 0 Å². The van der Waals surface area contributed by atoms with Gasteiger partial charge in [-0.25, -0.2) is 4.98 Å². The van der Waals surface area contributed by atoms with Crippen LogP contribution in [-0.4, -0.2) is 17.4 Å². The zero-order valence-electron chi connectivity index (χ0n) is 7.26. The maximum atomic E-state index is 11.1. The van der Waals surface area contributed by atoms with Gasteiger partial charge in [-0.2, -0.15) is 0 Å². The number of aromatic nitrogens is 1. The molecule has 0 saturated carbocycles. The molecule has 0 fully saturated rings. The number of hydrogen-bond donors (Lipinski definition) is 2. The first-order chi connectivity index (χ1) is 6.63. The van der Waals surface area contributed by atoms with Gasteiger partial charge < -0.3 is 11.1 Å². The topological polar surface area (TPSA) is 68.0 Å². The SMILES string of the molecule is NCCC(=O)Nc1cc(Cl)c(Br)cn1. The number of rotatable bonds is 3. The van der Waals surface area contributed by atoms with E-state index in [1.54, 1.807) is 6.07 Å². The van der Waals surface area contributed by atoms with E-state index in [1.165, 1.54) is 6.20 Å². The van der Waals surface area contributed by atoms with E-state index in [1.807, 2.05) is 0 Å². The molecule has 0 unspecified atom stereocenters. The van der Waals surface area contributed by atoms with Crippen LogP contribution in [0.15, 0.2) is 16.7 Å². The van der Waals surface area contributed by atoms with Crippen molar-refractivity contribution in [2.24, 2.45) is 5.73 Å². The standard InChI is InChI=1S/C8H9BrClN3O/c9-5-4-12-7(3-6(5)10)13-8(14)1-2-11/h3-4H,1-2,11H2,(H,12,13,14). The number of anilines is 1. The molecule has 0 atom stereocenters. The van der Waals surface area contributed by atoms with Crippen LogP contribution in [0, 0.1) is 0 Å². The zero-order chi connectivity index (χ0) is 10.6. The minimum atomic E-state index is -0.168. The molecule has 0 aromatic carbocycles. The van der Waals surface area contributed by atoms with Gasteiger partial charge in [-0.1, -0.05) is 11.6 Å². The molecule has 14 heavy (non-hydrogen) atoms. The van der Waals surface area contributed by atoms with E-state index < -0.39 is 0 Å². The Hall–Kier alpha value is -0.650. The van der Waals surface area contributed by atoms with Gasteiger partial charge in [0.1, 0.15) is 5.82 Å². The first-order valence-corrected chi connectivity index (χ1v) is 5.11. The lowest BCUT2D eigenvalue weighted by Crippen LogP contribution is -2.16. The van der Waals surface area contributed by atoms with Crippen molar-refractivity contribution in [1.29, 1.82) is 0 Å². The van der Waals surface area contributed by atoms with Crippen molar-refractivity contribution in [3.05, 3.63) is 21.8 Å². The molecule has 4 nitrogen and oxygen atoms in total. The van der Waals surface area contributed by atoms with Crippen LogP contribution in [0.25, 0.3) is 0 Å². The predicted molar refractivity (Wildman–Crippen MR) is 59.2 cm³/mol. The number of nitrogens with one attached hydrogen (secondary N) is 1. The van der Waals surface area contributed by atoms with Crippen molar-refractivity contribution < 1.29 is 4.79 Å². The number of carbonyl (C=O) groups excluding carboxylic acids is 1. The third kappa shape index (κ3) is 3.25. The Bertz CT molecular complexity index is 345. The van der Waals surface area contributed by atoms with E-state index in [0.717, 1.165) is 0 Å². The average Bonchev–Trinajstić information content (AvgIpc) is 2.12. The van der Waals surface area contributed by atoms with Gasteiger partial charge in [0, 0.05) is 25.2 Å². The summed E-state index contributed by atoms with van der Waals surface area (Å²) in [5.41, 5.74) is 5.22. The Balaban J connectivity index is 2.68. The summed E-state index contributed by atoms with van der Waals surface area (Å²) in [5.74, 6) is 0.259. The van der Waals surface area contributed by atoms with Crippen molar-refractivity contribution in [2.45, 2.75) is 6.42 Å². The van der Waals surface area contributed by atoms with Crippen LogP contribution in [-0.2, 0) is 4.79 Å². The van der Waals surface area contributed by atoms with Gasteiger partial charge in [-0.15, -0.1) is 0 Å². The molecule has 0 aliphatic carbocycles. The summed E-state index contributed by atoms with van der Waals surface area (Å²) in [6.45, 7) is 0.316. The van der Waals surface area contributed by atoms with Crippen molar-refractivity contribution in [3.63, 3.8) is 0 Å². The molecule has 1 aromatic heterocycles. The van der Waals surface area contributed by atoms with E-state index in [4.69, 9.17) is 17.3 Å². The van der Waals surface area contributed by atoms with E-state index >= 15 is 0 Å². The molecule has 0 bridgehead atoms. The summed E-state index contributed by atoms with van der Waals surface area (Å²) in [6.07, 6.45) is 1.80. The second-order valence-electron chi connectivity index (χ2n) is 2.57. The van der Waals surface area contributed by atoms with Gasteiger partial charge in [0.05, 0.1) is 9.50 Å². The summed E-state index contributed by atoms with van der Waals surface area (Å²) >= 11 is 9.01. The molecule has 1 amide bonds. The highest BCUT2D eigenvalue weighted by Gasteiger charge is 2.04. The second kappa shape index (κ2) is 5.29. The van der Waals surface area contributed by atoms with E-state index in [-0.39, 0.29) is 12.3 Å². The largest absolute Gasteiger partial charge is 0.330 e. The molecule has 0 saturated heterocycles. The smallest absolute Gasteiger partial charge is 0.226 e. The number of pyridine rings is 1. The number of halogens is 2. The monoisotopic (exact) mass is 277 g/mol. The second-order valence-corrected chi connectivity index (χ2v) is 3.83. The number of hydrogen-bond acceptors (Lipinski definition) is 3. The fraction of sp³-hybridized carbons (Fsp3) is 0.250. The van der Waals surface area contributed by atoms with Crippen LogP contribution in [0.4, 0.5) is 5.82 Å². The average molecular weight is 279 g/mol. The minimum absolute atomic E-state index is 0.168. The van der Waals surface area contributed by atoms with Crippen molar-refractivity contribution in [3.8, 4) is 0 Å². The van der Waals surface area contributed by atoms with Crippen LogP contribution < -0.4 is 11.1 Å². The molecule has 3 N–H and O–H groups in total. The fourth-order valence-electron chi connectivity index (χ4n) is 0.819. The van der Waals surface area contributed by atoms with Crippen molar-refractivity contribution >= 4 is 39.3 Å². The lowest BCUT2D eigenvalue weighted by Gasteiger charge is -2.03.